The lowest BCUT2D eigenvalue weighted by Gasteiger charge is -2.35. The number of allylic oxidation sites excluding steroid dienone is 4. The molecule has 0 N–H and O–H groups in total. The third-order valence-electron chi connectivity index (χ3n) is 6.85. The van der Waals surface area contributed by atoms with Crippen molar-refractivity contribution in [1.82, 2.24) is 0 Å². The minimum atomic E-state index is 0.299. The van der Waals surface area contributed by atoms with Gasteiger partial charge in [0, 0.05) is 11.8 Å². The van der Waals surface area contributed by atoms with E-state index in [-0.39, 0.29) is 0 Å². The Morgan fingerprint density at radius 3 is 1.94 bits per heavy atom. The average Bonchev–Trinajstić information content (AvgIpc) is 2.80. The van der Waals surface area contributed by atoms with Gasteiger partial charge in [0.15, 0.2) is 0 Å². The van der Waals surface area contributed by atoms with Crippen LogP contribution >= 0.6 is 0 Å². The van der Waals surface area contributed by atoms with Crippen LogP contribution in [0, 0.1) is 35.5 Å². The third-order valence-corrected chi connectivity index (χ3v) is 6.85. The predicted molar refractivity (Wildman–Crippen MR) is 64.1 cm³/mol. The van der Waals surface area contributed by atoms with Crippen LogP contribution in [0.15, 0.2) is 36.5 Å². The molecule has 0 spiro atoms. The van der Waals surface area contributed by atoms with Gasteiger partial charge >= 0.3 is 0 Å². The lowest BCUT2D eigenvalue weighted by Crippen LogP contribution is -2.43. The van der Waals surface area contributed by atoms with Crippen LogP contribution in [0.4, 0.5) is 0 Å². The highest BCUT2D eigenvalue weighted by Gasteiger charge is 2.92. The molecule has 5 aliphatic carbocycles. The molecule has 4 fully saturated rings. The summed E-state index contributed by atoms with van der Waals surface area (Å²) in [5.74, 6) is 4.71. The highest BCUT2D eigenvalue weighted by molar-refractivity contribution is 5.47. The maximum atomic E-state index is 6.50. The monoisotopic (exact) mass is 224 g/mol. The van der Waals surface area contributed by atoms with Crippen molar-refractivity contribution in [1.29, 1.82) is 0 Å². The zero-order valence-electron chi connectivity index (χ0n) is 9.75. The Labute approximate surface area is 101 Å². The van der Waals surface area contributed by atoms with Gasteiger partial charge in [-0.05, 0) is 36.5 Å². The van der Waals surface area contributed by atoms with Gasteiger partial charge in [-0.2, -0.15) is 0 Å². The fraction of sp³-hybridized carbons (Fsp3) is 0.625. The summed E-state index contributed by atoms with van der Waals surface area (Å²) in [5, 5.41) is 0. The van der Waals surface area contributed by atoms with Crippen molar-refractivity contribution in [2.45, 2.75) is 24.0 Å². The van der Waals surface area contributed by atoms with Crippen LogP contribution in [-0.4, -0.2) is 11.2 Å². The fourth-order valence-electron chi connectivity index (χ4n) is 6.56. The Hall–Kier alpha value is -0.820. The first-order chi connectivity index (χ1) is 8.38. The molecule has 8 atom stereocenters. The highest BCUT2D eigenvalue weighted by Crippen LogP contribution is 2.85. The van der Waals surface area contributed by atoms with Gasteiger partial charge in [-0.15, -0.1) is 0 Å². The van der Waals surface area contributed by atoms with Gasteiger partial charge < -0.3 is 4.74 Å². The smallest absolute Gasteiger partial charge is 0.108 e. The van der Waals surface area contributed by atoms with Crippen molar-refractivity contribution in [2.24, 2.45) is 35.5 Å². The molecule has 86 valence electrons. The lowest BCUT2D eigenvalue weighted by molar-refractivity contribution is 0.0912. The van der Waals surface area contributed by atoms with Crippen LogP contribution in [0.1, 0.15) is 12.8 Å². The normalized spacial score (nSPS) is 70.6. The van der Waals surface area contributed by atoms with E-state index in [1.54, 1.807) is 0 Å². The Balaban J connectivity index is 1.60. The Morgan fingerprint density at radius 2 is 1.35 bits per heavy atom. The maximum Gasteiger partial charge on any atom is 0.108 e. The minimum absolute atomic E-state index is 0.299. The summed E-state index contributed by atoms with van der Waals surface area (Å²) in [7, 11) is 0. The van der Waals surface area contributed by atoms with Gasteiger partial charge in [0.1, 0.15) is 11.2 Å². The molecule has 0 aromatic carbocycles. The number of ether oxygens (including phenoxy) is 1. The van der Waals surface area contributed by atoms with Crippen molar-refractivity contribution in [3.63, 3.8) is 0 Å². The fourth-order valence-corrected chi connectivity index (χ4v) is 6.56. The van der Waals surface area contributed by atoms with E-state index < -0.39 is 0 Å². The standard InChI is InChI=1S/C16H16O/c1-2-4-12-11(3-1)13-8-14(12)16-10-6-5-9(7-10)15(13,16)17-16/h1-6,9-14H,7-8H2/t9-,10+,11-,12+,13-,14+,15-,16+. The summed E-state index contributed by atoms with van der Waals surface area (Å²) >= 11 is 0. The largest absolute Gasteiger partial charge is 0.361 e. The molecule has 4 bridgehead atoms. The van der Waals surface area contributed by atoms with E-state index in [1.165, 1.54) is 12.8 Å². The highest BCUT2D eigenvalue weighted by atomic mass is 16.6. The summed E-state index contributed by atoms with van der Waals surface area (Å²) in [6.45, 7) is 0. The zero-order chi connectivity index (χ0) is 10.8. The summed E-state index contributed by atoms with van der Waals surface area (Å²) in [6, 6.07) is 0. The van der Waals surface area contributed by atoms with Crippen LogP contribution in [0.2, 0.25) is 0 Å². The van der Waals surface area contributed by atoms with Crippen molar-refractivity contribution >= 4 is 0 Å². The second kappa shape index (κ2) is 2.09. The second-order valence-corrected chi connectivity index (χ2v) is 6.90. The second-order valence-electron chi connectivity index (χ2n) is 6.90. The van der Waals surface area contributed by atoms with Gasteiger partial charge in [0.2, 0.25) is 0 Å². The Morgan fingerprint density at radius 1 is 0.765 bits per heavy atom. The van der Waals surface area contributed by atoms with Gasteiger partial charge in [0.05, 0.1) is 0 Å². The van der Waals surface area contributed by atoms with Gasteiger partial charge in [-0.3, -0.25) is 0 Å². The average molecular weight is 224 g/mol. The molecule has 6 aliphatic rings. The molecule has 0 unspecified atom stereocenters. The molecule has 0 amide bonds. The van der Waals surface area contributed by atoms with E-state index in [1.807, 2.05) is 0 Å². The first-order valence-electron chi connectivity index (χ1n) is 7.11. The molecule has 1 heteroatoms. The lowest BCUT2D eigenvalue weighted by atomic mass is 9.64. The van der Waals surface area contributed by atoms with Gasteiger partial charge in [-0.1, -0.05) is 36.5 Å². The number of hydrogen-bond acceptors (Lipinski definition) is 1. The zero-order valence-corrected chi connectivity index (χ0v) is 9.75. The molecule has 17 heavy (non-hydrogen) atoms. The third kappa shape index (κ3) is 0.567. The SMILES string of the molecule is C1=C[C@@H]2[C@H](C=C1)[C@@H]1C[C@H]2[C@@]23O[C@@]12[C@H]1C=C[C@@H]3C1. The number of fused-ring (bicyclic) bond motifs is 7. The molecule has 1 heterocycles. The first-order valence-corrected chi connectivity index (χ1v) is 7.11. The molecule has 0 radical (unpaired) electrons. The van der Waals surface area contributed by atoms with Crippen molar-refractivity contribution in [3.05, 3.63) is 36.5 Å². The Bertz CT molecular complexity index is 486. The molecule has 0 aromatic rings. The van der Waals surface area contributed by atoms with Crippen LogP contribution in [-0.2, 0) is 4.74 Å². The van der Waals surface area contributed by atoms with E-state index in [4.69, 9.17) is 4.74 Å². The molecule has 6 rings (SSSR count). The van der Waals surface area contributed by atoms with Crippen molar-refractivity contribution < 1.29 is 4.74 Å². The summed E-state index contributed by atoms with van der Waals surface area (Å²) in [5.41, 5.74) is 0.599. The summed E-state index contributed by atoms with van der Waals surface area (Å²) in [4.78, 5) is 0. The van der Waals surface area contributed by atoms with Crippen molar-refractivity contribution in [2.75, 3.05) is 0 Å². The van der Waals surface area contributed by atoms with Crippen LogP contribution in [0.3, 0.4) is 0 Å². The van der Waals surface area contributed by atoms with Crippen molar-refractivity contribution in [3.8, 4) is 0 Å². The maximum absolute atomic E-state index is 6.50. The van der Waals surface area contributed by atoms with E-state index in [9.17, 15) is 0 Å². The number of epoxide rings is 1. The quantitative estimate of drug-likeness (QED) is 0.455. The van der Waals surface area contributed by atoms with E-state index >= 15 is 0 Å². The van der Waals surface area contributed by atoms with E-state index in [2.05, 4.69) is 36.5 Å². The summed E-state index contributed by atoms with van der Waals surface area (Å²) in [6.07, 6.45) is 17.2. The molecule has 1 saturated heterocycles. The molecule has 3 saturated carbocycles. The minimum Gasteiger partial charge on any atom is -0.361 e. The van der Waals surface area contributed by atoms with E-state index in [0.717, 1.165) is 35.5 Å². The summed E-state index contributed by atoms with van der Waals surface area (Å²) < 4.78 is 6.50. The molecule has 0 aromatic heterocycles. The molecular formula is C16H16O. The topological polar surface area (TPSA) is 12.5 Å². The molecular weight excluding hydrogens is 208 g/mol. The number of rotatable bonds is 0. The van der Waals surface area contributed by atoms with Crippen LogP contribution in [0.25, 0.3) is 0 Å². The number of hydrogen-bond donors (Lipinski definition) is 0. The van der Waals surface area contributed by atoms with Crippen LogP contribution < -0.4 is 0 Å². The predicted octanol–water partition coefficient (Wildman–Crippen LogP) is 2.71. The van der Waals surface area contributed by atoms with Crippen LogP contribution in [0.5, 0.6) is 0 Å². The molecule has 1 nitrogen and oxygen atoms in total. The Kier molecular flexibility index (Phi) is 1.02. The van der Waals surface area contributed by atoms with Gasteiger partial charge in [-0.25, -0.2) is 0 Å². The van der Waals surface area contributed by atoms with Gasteiger partial charge in [0.25, 0.3) is 0 Å². The van der Waals surface area contributed by atoms with E-state index in [0.29, 0.717) is 11.2 Å². The first kappa shape index (κ1) is 8.31. The molecule has 1 aliphatic heterocycles.